The summed E-state index contributed by atoms with van der Waals surface area (Å²) in [6, 6.07) is 9.12. The van der Waals surface area contributed by atoms with Crippen molar-refractivity contribution in [2.24, 2.45) is 4.40 Å². The number of benzene rings is 1. The Morgan fingerprint density at radius 3 is 2.73 bits per heavy atom. The summed E-state index contributed by atoms with van der Waals surface area (Å²) in [6.45, 7) is 3.56. The topological polar surface area (TPSA) is 60.7 Å². The van der Waals surface area contributed by atoms with E-state index in [4.69, 9.17) is 16.3 Å². The maximum atomic E-state index is 12.6. The first kappa shape index (κ1) is 19.9. The molecular formula is C16H17ClN2O3S4. The molecule has 0 saturated heterocycles. The summed E-state index contributed by atoms with van der Waals surface area (Å²) in [5, 5.41) is 0. The number of aromatic nitrogens is 1. The van der Waals surface area contributed by atoms with E-state index in [0.29, 0.717) is 28.9 Å². The van der Waals surface area contributed by atoms with Gasteiger partial charge in [0.25, 0.3) is 10.0 Å². The Morgan fingerprint density at radius 1 is 1.27 bits per heavy atom. The number of hydrogen-bond acceptors (Lipinski definition) is 6. The number of thiophene rings is 1. The van der Waals surface area contributed by atoms with Crippen LogP contribution in [0.15, 0.2) is 43.8 Å². The summed E-state index contributed by atoms with van der Waals surface area (Å²) in [6.07, 6.45) is 2.01. The Labute approximate surface area is 169 Å². The van der Waals surface area contributed by atoms with Crippen molar-refractivity contribution in [3.8, 4) is 0 Å². The Morgan fingerprint density at radius 2 is 2.08 bits per heavy atom. The van der Waals surface area contributed by atoms with E-state index in [9.17, 15) is 8.42 Å². The largest absolute Gasteiger partial charge is 0.380 e. The van der Waals surface area contributed by atoms with Gasteiger partial charge in [-0.1, -0.05) is 22.9 Å². The fourth-order valence-electron chi connectivity index (χ4n) is 2.35. The van der Waals surface area contributed by atoms with E-state index in [0.717, 1.165) is 26.4 Å². The van der Waals surface area contributed by atoms with E-state index in [2.05, 4.69) is 10.5 Å². The van der Waals surface area contributed by atoms with Gasteiger partial charge in [-0.2, -0.15) is 8.42 Å². The number of rotatable bonds is 7. The van der Waals surface area contributed by atoms with Crippen LogP contribution in [-0.4, -0.2) is 32.5 Å². The van der Waals surface area contributed by atoms with Crippen molar-refractivity contribution in [1.82, 2.24) is 4.57 Å². The molecule has 0 fully saturated rings. The van der Waals surface area contributed by atoms with Crippen molar-refractivity contribution in [3.05, 3.63) is 39.5 Å². The number of hydrogen-bond donors (Lipinski definition) is 0. The van der Waals surface area contributed by atoms with Crippen molar-refractivity contribution in [2.45, 2.75) is 22.6 Å². The molecule has 5 nitrogen and oxygen atoms in total. The van der Waals surface area contributed by atoms with Crippen molar-refractivity contribution in [1.29, 1.82) is 0 Å². The van der Waals surface area contributed by atoms with E-state index in [1.807, 2.05) is 29.9 Å². The Bertz CT molecular complexity index is 1080. The van der Waals surface area contributed by atoms with Gasteiger partial charge in [0.2, 0.25) is 4.80 Å². The average molecular weight is 449 g/mol. The minimum absolute atomic E-state index is 0.140. The molecule has 1 aromatic carbocycles. The van der Waals surface area contributed by atoms with Gasteiger partial charge < -0.3 is 9.30 Å². The molecule has 10 heteroatoms. The molecule has 26 heavy (non-hydrogen) atoms. The number of sulfonamides is 1. The van der Waals surface area contributed by atoms with Crippen molar-refractivity contribution < 1.29 is 13.2 Å². The number of fused-ring (bicyclic) bond motifs is 1. The van der Waals surface area contributed by atoms with E-state index in [-0.39, 0.29) is 4.21 Å². The first-order chi connectivity index (χ1) is 12.4. The van der Waals surface area contributed by atoms with Crippen LogP contribution < -0.4 is 4.80 Å². The van der Waals surface area contributed by atoms with E-state index in [1.54, 1.807) is 17.8 Å². The smallest absolute Gasteiger partial charge is 0.294 e. The lowest BCUT2D eigenvalue weighted by Gasteiger charge is -2.06. The van der Waals surface area contributed by atoms with Crippen molar-refractivity contribution in [2.75, 3.05) is 19.5 Å². The van der Waals surface area contributed by atoms with Crippen LogP contribution >= 0.6 is 46.0 Å². The van der Waals surface area contributed by atoms with Gasteiger partial charge in [0, 0.05) is 18.0 Å². The summed E-state index contributed by atoms with van der Waals surface area (Å²) in [7, 11) is -3.81. The van der Waals surface area contributed by atoms with E-state index in [1.165, 1.54) is 17.4 Å². The van der Waals surface area contributed by atoms with Crippen LogP contribution in [0.25, 0.3) is 10.2 Å². The predicted molar refractivity (Wildman–Crippen MR) is 110 cm³/mol. The normalized spacial score (nSPS) is 13.0. The zero-order chi connectivity index (χ0) is 18.7. The second kappa shape index (κ2) is 8.45. The van der Waals surface area contributed by atoms with Crippen LogP contribution in [0.1, 0.15) is 6.92 Å². The number of thioether (sulfide) groups is 1. The highest BCUT2D eigenvalue weighted by Crippen LogP contribution is 2.28. The van der Waals surface area contributed by atoms with Crippen LogP contribution in [0.4, 0.5) is 0 Å². The van der Waals surface area contributed by atoms with Gasteiger partial charge in [-0.3, -0.25) is 0 Å². The van der Waals surface area contributed by atoms with Crippen LogP contribution in [0.5, 0.6) is 0 Å². The summed E-state index contributed by atoms with van der Waals surface area (Å²) < 4.78 is 38.3. The number of nitrogens with zero attached hydrogens (tertiary/aromatic N) is 2. The van der Waals surface area contributed by atoms with E-state index < -0.39 is 10.0 Å². The first-order valence-electron chi connectivity index (χ1n) is 7.76. The second-order valence-corrected chi connectivity index (χ2v) is 10.6. The molecule has 3 aromatic rings. The van der Waals surface area contributed by atoms with Gasteiger partial charge in [-0.15, -0.1) is 27.5 Å². The van der Waals surface area contributed by atoms with Crippen LogP contribution in [0, 0.1) is 0 Å². The first-order valence-corrected chi connectivity index (χ1v) is 12.4. The number of ether oxygens (including phenoxy) is 1. The second-order valence-electron chi connectivity index (χ2n) is 5.19. The predicted octanol–water partition coefficient (Wildman–Crippen LogP) is 4.47. The molecule has 0 spiro atoms. The Balaban J connectivity index is 2.14. The van der Waals surface area contributed by atoms with Gasteiger partial charge in [0.15, 0.2) is 0 Å². The fourth-order valence-corrected chi connectivity index (χ4v) is 6.62. The Kier molecular flexibility index (Phi) is 6.47. The summed E-state index contributed by atoms with van der Waals surface area (Å²) in [4.78, 5) is 1.55. The molecule has 140 valence electrons. The van der Waals surface area contributed by atoms with E-state index >= 15 is 0 Å². The molecule has 0 aliphatic heterocycles. The minimum atomic E-state index is -3.81. The molecule has 2 aromatic heterocycles. The lowest BCUT2D eigenvalue weighted by molar-refractivity contribution is 0.139. The molecule has 0 saturated carbocycles. The third-order valence-corrected chi connectivity index (χ3v) is 8.40. The highest BCUT2D eigenvalue weighted by atomic mass is 35.5. The number of thiazole rings is 1. The van der Waals surface area contributed by atoms with Gasteiger partial charge in [0.05, 0.1) is 21.2 Å². The van der Waals surface area contributed by atoms with Gasteiger partial charge >= 0.3 is 0 Å². The molecular weight excluding hydrogens is 432 g/mol. The lowest BCUT2D eigenvalue weighted by atomic mass is 10.3. The lowest BCUT2D eigenvalue weighted by Crippen LogP contribution is -2.19. The molecule has 0 unspecified atom stereocenters. The molecule has 0 aliphatic rings. The summed E-state index contributed by atoms with van der Waals surface area (Å²) >= 11 is 9.88. The zero-order valence-electron chi connectivity index (χ0n) is 14.1. The number of halogens is 1. The van der Waals surface area contributed by atoms with Gasteiger partial charge in [-0.25, -0.2) is 0 Å². The van der Waals surface area contributed by atoms with Crippen molar-refractivity contribution in [3.63, 3.8) is 0 Å². The zero-order valence-corrected chi connectivity index (χ0v) is 18.2. The third-order valence-electron chi connectivity index (χ3n) is 3.55. The molecule has 0 atom stereocenters. The van der Waals surface area contributed by atoms with Crippen LogP contribution in [0.3, 0.4) is 0 Å². The maximum absolute atomic E-state index is 12.6. The van der Waals surface area contributed by atoms with Crippen molar-refractivity contribution >= 4 is 66.3 Å². The molecule has 0 N–H and O–H groups in total. The molecule has 2 heterocycles. The SMILES string of the molecule is CCOCCn1/c(=N/S(=O)(=O)c2ccc(Cl)s2)sc2cc(SC)ccc21. The molecule has 0 aliphatic carbocycles. The molecule has 0 radical (unpaired) electrons. The van der Waals surface area contributed by atoms with Gasteiger partial charge in [0.1, 0.15) is 4.21 Å². The Hall–Kier alpha value is -0.840. The third kappa shape index (κ3) is 4.35. The maximum Gasteiger partial charge on any atom is 0.294 e. The summed E-state index contributed by atoms with van der Waals surface area (Å²) in [5.41, 5.74) is 0.950. The van der Waals surface area contributed by atoms with Crippen LogP contribution in [0.2, 0.25) is 4.34 Å². The average Bonchev–Trinajstić information content (AvgIpc) is 3.18. The summed E-state index contributed by atoms with van der Waals surface area (Å²) in [5.74, 6) is 0. The molecule has 0 amide bonds. The quantitative estimate of drug-likeness (QED) is 0.395. The highest BCUT2D eigenvalue weighted by Gasteiger charge is 2.17. The monoisotopic (exact) mass is 448 g/mol. The molecule has 3 rings (SSSR count). The highest BCUT2D eigenvalue weighted by molar-refractivity contribution is 7.98. The fraction of sp³-hybridized carbons (Fsp3) is 0.312. The van der Waals surface area contributed by atoms with Gasteiger partial charge in [-0.05, 0) is 43.5 Å². The van der Waals surface area contributed by atoms with Crippen LogP contribution in [-0.2, 0) is 21.3 Å². The molecule has 0 bridgehead atoms. The minimum Gasteiger partial charge on any atom is -0.380 e. The standard InChI is InChI=1S/C16H17ClN2O3S4/c1-3-22-9-8-19-12-5-4-11(23-2)10-13(12)24-16(19)18-26(20,21)15-7-6-14(17)25-15/h4-7,10H,3,8-9H2,1-2H3/b18-16-.